The predicted molar refractivity (Wildman–Crippen MR) is 128 cm³/mol. The maximum atomic E-state index is 10.7. The van der Waals surface area contributed by atoms with Gasteiger partial charge in [0, 0.05) is 25.3 Å². The summed E-state index contributed by atoms with van der Waals surface area (Å²) in [6.45, 7) is 12.1. The van der Waals surface area contributed by atoms with Crippen molar-refractivity contribution in [2.24, 2.45) is 22.7 Å². The summed E-state index contributed by atoms with van der Waals surface area (Å²) in [5, 5.41) is 6.30. The van der Waals surface area contributed by atoms with Gasteiger partial charge in [-0.25, -0.2) is 9.97 Å². The average Bonchev–Trinajstić information content (AvgIpc) is 3.07. The number of rotatable bonds is 11. The standard InChI is InChI=1S/C23H33N7O/c1-16(2)14-29(15-17(3)4)21-11-10-20-22(27-21)30(13-5-12-24)23(26-20)25-18-6-8-19(28-31)9-7-18/h6-11,16-17H,5,12-15,24H2,1-4H3,(H,25,26). The number of anilines is 3. The fourth-order valence-electron chi connectivity index (χ4n) is 3.60. The van der Waals surface area contributed by atoms with Crippen LogP contribution in [0.3, 0.4) is 0 Å². The van der Waals surface area contributed by atoms with Crippen LogP contribution in [0.2, 0.25) is 0 Å². The lowest BCUT2D eigenvalue weighted by molar-refractivity contribution is 0.549. The molecule has 0 fully saturated rings. The molecule has 0 saturated heterocycles. The lowest BCUT2D eigenvalue weighted by atomic mass is 10.1. The predicted octanol–water partition coefficient (Wildman–Crippen LogP) is 5.04. The fraction of sp³-hybridized carbons (Fsp3) is 0.478. The number of nitrogens with two attached hydrogens (primary N) is 1. The van der Waals surface area contributed by atoms with Gasteiger partial charge in [-0.15, -0.1) is 4.91 Å². The lowest BCUT2D eigenvalue weighted by Gasteiger charge is -2.27. The summed E-state index contributed by atoms with van der Waals surface area (Å²) in [4.78, 5) is 22.8. The molecule has 2 heterocycles. The molecule has 0 radical (unpaired) electrons. The van der Waals surface area contributed by atoms with Crippen LogP contribution in [0.4, 0.5) is 23.1 Å². The van der Waals surface area contributed by atoms with Gasteiger partial charge in [-0.1, -0.05) is 27.7 Å². The first-order valence-electron chi connectivity index (χ1n) is 10.9. The largest absolute Gasteiger partial charge is 0.356 e. The van der Waals surface area contributed by atoms with E-state index in [1.807, 2.05) is 18.2 Å². The number of nitrogens with one attached hydrogen (secondary N) is 1. The van der Waals surface area contributed by atoms with Crippen LogP contribution in [-0.2, 0) is 6.54 Å². The molecule has 3 aromatic rings. The number of aryl methyl sites for hydroxylation is 1. The highest BCUT2D eigenvalue weighted by atomic mass is 16.3. The van der Waals surface area contributed by atoms with Crippen molar-refractivity contribution >= 4 is 34.3 Å². The molecule has 1 aromatic carbocycles. The lowest BCUT2D eigenvalue weighted by Crippen LogP contribution is -2.32. The number of imidazole rings is 1. The Morgan fingerprint density at radius 3 is 2.29 bits per heavy atom. The van der Waals surface area contributed by atoms with Crippen LogP contribution in [0.15, 0.2) is 41.6 Å². The first-order chi connectivity index (χ1) is 14.9. The van der Waals surface area contributed by atoms with Crippen molar-refractivity contribution in [1.29, 1.82) is 0 Å². The molecule has 8 heteroatoms. The Bertz CT molecular complexity index is 985. The maximum Gasteiger partial charge on any atom is 0.209 e. The summed E-state index contributed by atoms with van der Waals surface area (Å²) < 4.78 is 2.08. The van der Waals surface area contributed by atoms with Crippen molar-refractivity contribution in [3.8, 4) is 0 Å². The third-order valence-corrected chi connectivity index (χ3v) is 4.89. The van der Waals surface area contributed by atoms with Crippen LogP contribution in [-0.4, -0.2) is 34.2 Å². The van der Waals surface area contributed by atoms with Crippen LogP contribution in [0, 0.1) is 16.7 Å². The number of aromatic nitrogens is 3. The van der Waals surface area contributed by atoms with E-state index in [1.165, 1.54) is 0 Å². The third kappa shape index (κ3) is 5.79. The second-order valence-electron chi connectivity index (χ2n) is 8.70. The van der Waals surface area contributed by atoms with Crippen LogP contribution in [0.5, 0.6) is 0 Å². The quantitative estimate of drug-likeness (QED) is 0.419. The Labute approximate surface area is 183 Å². The van der Waals surface area contributed by atoms with Crippen molar-refractivity contribution in [1.82, 2.24) is 14.5 Å². The Kier molecular flexibility index (Phi) is 7.57. The van der Waals surface area contributed by atoms with Gasteiger partial charge in [0.15, 0.2) is 5.65 Å². The normalized spacial score (nSPS) is 11.5. The van der Waals surface area contributed by atoms with Crippen LogP contribution in [0.25, 0.3) is 11.2 Å². The van der Waals surface area contributed by atoms with Gasteiger partial charge >= 0.3 is 0 Å². The Balaban J connectivity index is 1.99. The van der Waals surface area contributed by atoms with E-state index in [0.717, 1.165) is 42.2 Å². The first-order valence-corrected chi connectivity index (χ1v) is 10.9. The van der Waals surface area contributed by atoms with Crippen molar-refractivity contribution in [2.45, 2.75) is 40.7 Å². The topological polar surface area (TPSA) is 101 Å². The molecule has 3 rings (SSSR count). The highest BCUT2D eigenvalue weighted by molar-refractivity contribution is 5.78. The molecule has 0 bridgehead atoms. The van der Waals surface area contributed by atoms with Crippen molar-refractivity contribution in [3.05, 3.63) is 41.3 Å². The molecular formula is C23H33N7O. The number of pyridine rings is 1. The second kappa shape index (κ2) is 10.3. The molecule has 0 aliphatic rings. The SMILES string of the molecule is CC(C)CN(CC(C)C)c1ccc2nc(Nc3ccc(N=O)cc3)n(CCCN)c2n1. The minimum absolute atomic E-state index is 0.392. The van der Waals surface area contributed by atoms with Crippen LogP contribution in [0.1, 0.15) is 34.1 Å². The van der Waals surface area contributed by atoms with Gasteiger partial charge in [-0.2, -0.15) is 0 Å². The van der Waals surface area contributed by atoms with E-state index in [4.69, 9.17) is 15.7 Å². The molecule has 0 atom stereocenters. The number of nitrogens with zero attached hydrogens (tertiary/aromatic N) is 5. The summed E-state index contributed by atoms with van der Waals surface area (Å²) in [5.74, 6) is 2.76. The van der Waals surface area contributed by atoms with Crippen molar-refractivity contribution < 1.29 is 0 Å². The third-order valence-electron chi connectivity index (χ3n) is 4.89. The second-order valence-corrected chi connectivity index (χ2v) is 8.70. The molecule has 0 aliphatic carbocycles. The molecule has 3 N–H and O–H groups in total. The monoisotopic (exact) mass is 423 g/mol. The molecule has 2 aromatic heterocycles. The maximum absolute atomic E-state index is 10.7. The minimum atomic E-state index is 0.392. The molecule has 0 amide bonds. The van der Waals surface area contributed by atoms with Gasteiger partial charge in [-0.05, 0) is 66.4 Å². The van der Waals surface area contributed by atoms with E-state index in [-0.39, 0.29) is 0 Å². The van der Waals surface area contributed by atoms with E-state index in [1.54, 1.807) is 12.1 Å². The van der Waals surface area contributed by atoms with Gasteiger partial charge in [0.1, 0.15) is 17.0 Å². The Morgan fingerprint density at radius 1 is 1.03 bits per heavy atom. The number of hydrogen-bond acceptors (Lipinski definition) is 7. The van der Waals surface area contributed by atoms with Gasteiger partial charge in [0.25, 0.3) is 0 Å². The zero-order valence-corrected chi connectivity index (χ0v) is 18.9. The van der Waals surface area contributed by atoms with E-state index in [2.05, 4.69) is 53.7 Å². The van der Waals surface area contributed by atoms with Gasteiger partial charge in [0.2, 0.25) is 5.95 Å². The molecule has 31 heavy (non-hydrogen) atoms. The summed E-state index contributed by atoms with van der Waals surface area (Å²) in [7, 11) is 0. The van der Waals surface area contributed by atoms with Gasteiger partial charge < -0.3 is 16.0 Å². The fourth-order valence-corrected chi connectivity index (χ4v) is 3.60. The molecule has 0 spiro atoms. The summed E-state index contributed by atoms with van der Waals surface area (Å²) in [5.41, 5.74) is 8.69. The van der Waals surface area contributed by atoms with Gasteiger partial charge in [0.05, 0.1) is 0 Å². The number of fused-ring (bicyclic) bond motifs is 1. The zero-order valence-electron chi connectivity index (χ0n) is 18.9. The molecule has 0 aliphatic heterocycles. The van der Waals surface area contributed by atoms with Crippen LogP contribution >= 0.6 is 0 Å². The summed E-state index contributed by atoms with van der Waals surface area (Å²) in [6.07, 6.45) is 0.821. The molecule has 0 unspecified atom stereocenters. The zero-order chi connectivity index (χ0) is 22.4. The molecule has 166 valence electrons. The molecular weight excluding hydrogens is 390 g/mol. The Hall–Kier alpha value is -3.00. The highest BCUT2D eigenvalue weighted by Crippen LogP contribution is 2.26. The van der Waals surface area contributed by atoms with E-state index < -0.39 is 0 Å². The average molecular weight is 424 g/mol. The summed E-state index contributed by atoms with van der Waals surface area (Å²) >= 11 is 0. The number of benzene rings is 1. The van der Waals surface area contributed by atoms with Crippen molar-refractivity contribution in [3.63, 3.8) is 0 Å². The molecule has 8 nitrogen and oxygen atoms in total. The minimum Gasteiger partial charge on any atom is -0.356 e. The van der Waals surface area contributed by atoms with E-state index in [0.29, 0.717) is 36.6 Å². The van der Waals surface area contributed by atoms with Gasteiger partial charge in [-0.3, -0.25) is 4.57 Å². The van der Waals surface area contributed by atoms with E-state index in [9.17, 15) is 4.91 Å². The Morgan fingerprint density at radius 2 is 1.71 bits per heavy atom. The first kappa shape index (κ1) is 22.7. The number of hydrogen-bond donors (Lipinski definition) is 2. The highest BCUT2D eigenvalue weighted by Gasteiger charge is 2.17. The van der Waals surface area contributed by atoms with Crippen LogP contribution < -0.4 is 16.0 Å². The number of nitroso groups, excluding NO2 is 1. The van der Waals surface area contributed by atoms with E-state index >= 15 is 0 Å². The van der Waals surface area contributed by atoms with Crippen molar-refractivity contribution in [2.75, 3.05) is 29.9 Å². The smallest absolute Gasteiger partial charge is 0.209 e. The molecule has 0 saturated carbocycles. The summed E-state index contributed by atoms with van der Waals surface area (Å²) in [6, 6.07) is 11.1.